The van der Waals surface area contributed by atoms with Crippen LogP contribution >= 0.6 is 49.7 Å². The molecule has 0 atom stereocenters. The molecule has 1 nitrogen and oxygen atoms in total. The highest BCUT2D eigenvalue weighted by atomic mass is 32.1. The summed E-state index contributed by atoms with van der Waals surface area (Å²) in [5.74, 6) is 0. The van der Waals surface area contributed by atoms with Crippen LogP contribution in [0.3, 0.4) is 0 Å². The Labute approximate surface area is 261 Å². The summed E-state index contributed by atoms with van der Waals surface area (Å²) in [4.78, 5) is 0. The second-order valence-corrected chi connectivity index (χ2v) is 14.1. The molecular weight excluding hydrogens is 539 g/mol. The summed E-state index contributed by atoms with van der Waals surface area (Å²) in [6.07, 6.45) is 42.3. The van der Waals surface area contributed by atoms with Crippen LogP contribution in [0.2, 0.25) is 0 Å². The minimum Gasteiger partial charge on any atom is -0.371 e. The predicted octanol–water partition coefficient (Wildman–Crippen LogP) is 12.8. The van der Waals surface area contributed by atoms with Crippen LogP contribution in [0.5, 0.6) is 0 Å². The number of hydrogen-bond acceptors (Lipinski definition) is 2. The van der Waals surface area contributed by atoms with E-state index in [9.17, 15) is 0 Å². The first-order valence-corrected chi connectivity index (χ1v) is 18.5. The number of thiocarbonyl (C=S) groups is 2. The molecule has 1 N–H and O–H groups in total. The second kappa shape index (κ2) is 33.9. The van der Waals surface area contributed by atoms with E-state index < -0.39 is 0 Å². The maximum absolute atomic E-state index is 5.01. The van der Waals surface area contributed by atoms with E-state index in [1.807, 2.05) is 0 Å². The maximum atomic E-state index is 5.01. The number of hydrogen-bond donors (Lipinski definition) is 3. The molecule has 0 bridgehead atoms. The number of nitrogens with one attached hydrogen (secondary N) is 1. The molecule has 0 heterocycles. The number of rotatable bonds is 32. The van der Waals surface area contributed by atoms with Gasteiger partial charge in [-0.25, -0.2) is 0 Å². The highest BCUT2D eigenvalue weighted by Gasteiger charge is 1.97. The average Bonchev–Trinajstić information content (AvgIpc) is 2.89. The van der Waals surface area contributed by atoms with E-state index in [0.29, 0.717) is 4.32 Å². The van der Waals surface area contributed by atoms with E-state index in [4.69, 9.17) is 24.4 Å². The first-order chi connectivity index (χ1) is 18.6. The lowest BCUT2D eigenvalue weighted by Gasteiger charge is -2.05. The van der Waals surface area contributed by atoms with Gasteiger partial charge in [0.2, 0.25) is 0 Å². The van der Waals surface area contributed by atoms with Crippen LogP contribution in [-0.2, 0) is 0 Å². The minimum atomic E-state index is 0.627. The molecule has 0 aromatic rings. The van der Waals surface area contributed by atoms with Gasteiger partial charge in [0.15, 0.2) is 0 Å². The van der Waals surface area contributed by atoms with Crippen molar-refractivity contribution >= 4 is 58.2 Å². The molecular formula is C33H65NS4. The zero-order chi connectivity index (χ0) is 27.8. The summed E-state index contributed by atoms with van der Waals surface area (Å²) in [6, 6.07) is 0. The Hall–Kier alpha value is 0.680. The van der Waals surface area contributed by atoms with Gasteiger partial charge < -0.3 is 5.32 Å². The zero-order valence-corrected chi connectivity index (χ0v) is 28.6. The molecule has 226 valence electrons. The van der Waals surface area contributed by atoms with Crippen molar-refractivity contribution in [1.82, 2.24) is 5.32 Å². The molecule has 0 spiro atoms. The lowest BCUT2D eigenvalue weighted by Crippen LogP contribution is -2.17. The smallest absolute Gasteiger partial charge is 0.130 e. The Bertz CT molecular complexity index is 453. The first kappa shape index (κ1) is 38.7. The van der Waals surface area contributed by atoms with E-state index in [2.05, 4.69) is 30.6 Å². The van der Waals surface area contributed by atoms with Gasteiger partial charge in [-0.1, -0.05) is 198 Å². The third kappa shape index (κ3) is 36.7. The molecule has 0 aromatic heterocycles. The van der Waals surface area contributed by atoms with Crippen molar-refractivity contribution in [2.45, 2.75) is 193 Å². The lowest BCUT2D eigenvalue weighted by molar-refractivity contribution is 0.513. The highest BCUT2D eigenvalue weighted by molar-refractivity contribution is 8.11. The fourth-order valence-electron chi connectivity index (χ4n) is 5.37. The van der Waals surface area contributed by atoms with E-state index in [-0.39, 0.29) is 0 Å². The van der Waals surface area contributed by atoms with Gasteiger partial charge in [-0.15, -0.1) is 25.3 Å². The Morgan fingerprint density at radius 2 is 0.553 bits per heavy atom. The van der Waals surface area contributed by atoms with Gasteiger partial charge in [-0.2, -0.15) is 0 Å². The molecule has 5 heteroatoms. The zero-order valence-electron chi connectivity index (χ0n) is 25.1. The van der Waals surface area contributed by atoms with E-state index in [0.717, 1.165) is 17.2 Å². The summed E-state index contributed by atoms with van der Waals surface area (Å²) in [5.41, 5.74) is 0. The monoisotopic (exact) mass is 603 g/mol. The second-order valence-electron chi connectivity index (χ2n) is 11.6. The summed E-state index contributed by atoms with van der Waals surface area (Å²) in [6.45, 7) is 0.985. The molecule has 0 saturated carbocycles. The highest BCUT2D eigenvalue weighted by Crippen LogP contribution is 2.16. The van der Waals surface area contributed by atoms with Crippen LogP contribution in [0, 0.1) is 0 Å². The Morgan fingerprint density at radius 3 is 0.763 bits per heavy atom. The normalized spacial score (nSPS) is 11.2. The van der Waals surface area contributed by atoms with Crippen LogP contribution in [0.25, 0.3) is 0 Å². The van der Waals surface area contributed by atoms with Gasteiger partial charge in [0.1, 0.15) is 4.32 Å². The number of unbranched alkanes of at least 4 members (excludes halogenated alkanes) is 28. The summed E-state index contributed by atoms with van der Waals surface area (Å²) >= 11 is 18.2. The first-order valence-electron chi connectivity index (χ1n) is 16.8. The topological polar surface area (TPSA) is 12.0 Å². The summed E-state index contributed by atoms with van der Waals surface area (Å²) < 4.78 is 1.50. The van der Waals surface area contributed by atoms with Gasteiger partial charge in [0.25, 0.3) is 0 Å². The average molecular weight is 604 g/mol. The molecule has 0 aromatic carbocycles. The predicted molar refractivity (Wildman–Crippen MR) is 190 cm³/mol. The van der Waals surface area contributed by atoms with Gasteiger partial charge in [0.05, 0.1) is 0 Å². The fourth-order valence-corrected chi connectivity index (χ4v) is 5.89. The van der Waals surface area contributed by atoms with Gasteiger partial charge >= 0.3 is 0 Å². The molecule has 0 radical (unpaired) electrons. The lowest BCUT2D eigenvalue weighted by atomic mass is 10.0. The van der Waals surface area contributed by atoms with Gasteiger partial charge in [0, 0.05) is 10.7 Å². The summed E-state index contributed by atoms with van der Waals surface area (Å²) in [5, 5.41) is 3.11. The Kier molecular flexibility index (Phi) is 34.5. The Balaban J connectivity index is 3.04. The molecule has 0 unspecified atom stereocenters. The van der Waals surface area contributed by atoms with Crippen molar-refractivity contribution in [2.24, 2.45) is 0 Å². The molecule has 38 heavy (non-hydrogen) atoms. The SMILES string of the molecule is S=C(S)CCCCCCCCCCCCCCCCCCCCCCCCCCCCCCCNC(=S)S. The van der Waals surface area contributed by atoms with Crippen LogP contribution < -0.4 is 5.32 Å². The van der Waals surface area contributed by atoms with Crippen molar-refractivity contribution in [3.63, 3.8) is 0 Å². The summed E-state index contributed by atoms with van der Waals surface area (Å²) in [7, 11) is 0. The van der Waals surface area contributed by atoms with Crippen LogP contribution in [0.15, 0.2) is 0 Å². The van der Waals surface area contributed by atoms with Crippen molar-refractivity contribution in [3.8, 4) is 0 Å². The molecule has 0 rings (SSSR count). The van der Waals surface area contributed by atoms with E-state index >= 15 is 0 Å². The van der Waals surface area contributed by atoms with Crippen molar-refractivity contribution < 1.29 is 0 Å². The van der Waals surface area contributed by atoms with E-state index in [1.54, 1.807) is 0 Å². The third-order valence-electron chi connectivity index (χ3n) is 7.84. The molecule has 0 saturated heterocycles. The van der Waals surface area contributed by atoms with Crippen molar-refractivity contribution in [1.29, 1.82) is 0 Å². The standard InChI is InChI=1S/C33H65NS4/c35-32(36)30-28-26-24-22-20-18-16-14-12-10-8-6-4-2-1-3-5-7-9-11-13-15-17-19-21-23-25-27-29-31-34-33(37)38/h1-31H2,(H,35,36)(H2,34,37,38). The number of thiol groups is 2. The maximum Gasteiger partial charge on any atom is 0.130 e. The molecule has 0 fully saturated rings. The Morgan fingerprint density at radius 1 is 0.342 bits per heavy atom. The van der Waals surface area contributed by atoms with Gasteiger partial charge in [-0.05, 0) is 19.3 Å². The molecule has 0 aliphatic rings. The molecule has 0 aliphatic heterocycles. The van der Waals surface area contributed by atoms with Crippen LogP contribution in [0.4, 0.5) is 0 Å². The minimum absolute atomic E-state index is 0.627. The van der Waals surface area contributed by atoms with Crippen LogP contribution in [0.1, 0.15) is 193 Å². The molecule has 0 aliphatic carbocycles. The van der Waals surface area contributed by atoms with Crippen molar-refractivity contribution in [3.05, 3.63) is 0 Å². The van der Waals surface area contributed by atoms with Crippen molar-refractivity contribution in [2.75, 3.05) is 6.54 Å². The van der Waals surface area contributed by atoms with Gasteiger partial charge in [-0.3, -0.25) is 0 Å². The van der Waals surface area contributed by atoms with Crippen LogP contribution in [-0.4, -0.2) is 15.1 Å². The largest absolute Gasteiger partial charge is 0.371 e. The van der Waals surface area contributed by atoms with E-state index in [1.165, 1.54) is 186 Å². The molecule has 0 amide bonds. The quantitative estimate of drug-likeness (QED) is 0.0402. The fraction of sp³-hybridized carbons (Fsp3) is 0.939. The third-order valence-corrected chi connectivity index (χ3v) is 8.57.